The summed E-state index contributed by atoms with van der Waals surface area (Å²) in [7, 11) is -3.57. The van der Waals surface area contributed by atoms with Crippen LogP contribution in [0, 0.1) is 0 Å². The fourth-order valence-corrected chi connectivity index (χ4v) is 5.20. The molecule has 2 heterocycles. The van der Waals surface area contributed by atoms with E-state index in [1.807, 2.05) is 24.3 Å². The number of sulfonamides is 1. The van der Waals surface area contributed by atoms with E-state index in [1.165, 1.54) is 16.4 Å². The first kappa shape index (κ1) is 22.3. The second kappa shape index (κ2) is 9.68. The predicted molar refractivity (Wildman–Crippen MR) is 121 cm³/mol. The lowest BCUT2D eigenvalue weighted by molar-refractivity contribution is -0.117. The molecule has 0 atom stereocenters. The summed E-state index contributed by atoms with van der Waals surface area (Å²) in [6.07, 6.45) is 1.36. The van der Waals surface area contributed by atoms with Crippen LogP contribution < -0.4 is 15.5 Å². The Hall–Kier alpha value is -2.95. The Morgan fingerprint density at radius 2 is 1.72 bits per heavy atom. The zero-order valence-corrected chi connectivity index (χ0v) is 18.4. The molecule has 2 aromatic carbocycles. The average Bonchev–Trinajstić information content (AvgIpc) is 3.24. The predicted octanol–water partition coefficient (Wildman–Crippen LogP) is 1.88. The number of carbonyl (C=O) groups excluding carboxylic acids is 2. The molecule has 0 unspecified atom stereocenters. The van der Waals surface area contributed by atoms with Crippen molar-refractivity contribution >= 4 is 38.9 Å². The fraction of sp³-hybridized carbons (Fsp3) is 0.364. The molecule has 9 nitrogen and oxygen atoms in total. The number of carbonyl (C=O) groups is 2. The summed E-state index contributed by atoms with van der Waals surface area (Å²) in [5.41, 5.74) is 1.98. The molecule has 10 heteroatoms. The van der Waals surface area contributed by atoms with Crippen molar-refractivity contribution in [2.24, 2.45) is 0 Å². The van der Waals surface area contributed by atoms with Crippen LogP contribution in [0.15, 0.2) is 53.4 Å². The van der Waals surface area contributed by atoms with Gasteiger partial charge in [0.15, 0.2) is 0 Å². The summed E-state index contributed by atoms with van der Waals surface area (Å²) < 4.78 is 32.0. The lowest BCUT2D eigenvalue weighted by atomic mass is 10.2. The van der Waals surface area contributed by atoms with Crippen molar-refractivity contribution in [2.45, 2.75) is 17.7 Å². The second-order valence-corrected chi connectivity index (χ2v) is 9.55. The van der Waals surface area contributed by atoms with Crippen molar-refractivity contribution in [2.75, 3.05) is 54.9 Å². The monoisotopic (exact) mass is 458 g/mol. The van der Waals surface area contributed by atoms with E-state index in [-0.39, 0.29) is 23.3 Å². The smallest absolute Gasteiger partial charge is 0.243 e. The summed E-state index contributed by atoms with van der Waals surface area (Å²) >= 11 is 0. The van der Waals surface area contributed by atoms with Crippen LogP contribution in [0.25, 0.3) is 0 Å². The Balaban J connectivity index is 1.36. The lowest BCUT2D eigenvalue weighted by Crippen LogP contribution is -2.40. The van der Waals surface area contributed by atoms with E-state index >= 15 is 0 Å². The highest BCUT2D eigenvalue weighted by molar-refractivity contribution is 7.89. The van der Waals surface area contributed by atoms with Crippen LogP contribution in [0.1, 0.15) is 12.8 Å². The summed E-state index contributed by atoms with van der Waals surface area (Å²) in [6, 6.07) is 13.5. The van der Waals surface area contributed by atoms with E-state index in [1.54, 1.807) is 17.0 Å². The molecule has 170 valence electrons. The molecule has 2 aliphatic heterocycles. The molecule has 2 aliphatic rings. The van der Waals surface area contributed by atoms with E-state index in [9.17, 15) is 18.0 Å². The minimum atomic E-state index is -3.57. The summed E-state index contributed by atoms with van der Waals surface area (Å²) in [4.78, 5) is 26.4. The number of rotatable bonds is 7. The molecule has 2 aromatic rings. The molecule has 0 saturated carbocycles. The van der Waals surface area contributed by atoms with E-state index < -0.39 is 10.0 Å². The van der Waals surface area contributed by atoms with Gasteiger partial charge in [-0.3, -0.25) is 9.59 Å². The SMILES string of the molecule is O=C(CNc1ccccc1N1CCCC1=O)Nc1ccc(S(=O)(=O)N2CCOCC2)cc1. The van der Waals surface area contributed by atoms with Crippen LogP contribution in [0.5, 0.6) is 0 Å². The third-order valence-corrected chi connectivity index (χ3v) is 7.37. The minimum absolute atomic E-state index is 0.00682. The molecular formula is C22H26N4O5S. The Labute approximate surface area is 187 Å². The maximum atomic E-state index is 12.7. The van der Waals surface area contributed by atoms with Gasteiger partial charge >= 0.3 is 0 Å². The third kappa shape index (κ3) is 4.93. The van der Waals surface area contributed by atoms with E-state index in [0.717, 1.165) is 12.1 Å². The van der Waals surface area contributed by atoms with Gasteiger partial charge in [0, 0.05) is 31.7 Å². The zero-order chi connectivity index (χ0) is 22.6. The number of hydrogen-bond acceptors (Lipinski definition) is 6. The number of nitrogens with zero attached hydrogens (tertiary/aromatic N) is 2. The van der Waals surface area contributed by atoms with Gasteiger partial charge in [0.1, 0.15) is 0 Å². The maximum absolute atomic E-state index is 12.7. The van der Waals surface area contributed by atoms with Crippen molar-refractivity contribution in [3.05, 3.63) is 48.5 Å². The summed E-state index contributed by atoms with van der Waals surface area (Å²) in [5, 5.41) is 5.85. The average molecular weight is 459 g/mol. The van der Waals surface area contributed by atoms with Gasteiger partial charge in [0.2, 0.25) is 21.8 Å². The molecule has 0 spiro atoms. The molecule has 0 aliphatic carbocycles. The van der Waals surface area contributed by atoms with Gasteiger partial charge in [-0.2, -0.15) is 4.31 Å². The summed E-state index contributed by atoms with van der Waals surface area (Å²) in [5.74, 6) is -0.202. The molecule has 0 radical (unpaired) electrons. The van der Waals surface area contributed by atoms with Crippen LogP contribution in [-0.4, -0.2) is 63.9 Å². The molecule has 2 fully saturated rings. The van der Waals surface area contributed by atoms with Gasteiger partial charge in [-0.25, -0.2) is 8.42 Å². The first-order chi connectivity index (χ1) is 15.4. The standard InChI is InChI=1S/C22H26N4O5S/c27-21(16-23-19-4-1-2-5-20(19)26-11-3-6-22(26)28)24-17-7-9-18(10-8-17)32(29,30)25-12-14-31-15-13-25/h1-2,4-5,7-10,23H,3,6,11-16H2,(H,24,27). The Morgan fingerprint density at radius 3 is 2.41 bits per heavy atom. The minimum Gasteiger partial charge on any atom is -0.379 e. The van der Waals surface area contributed by atoms with Crippen LogP contribution in [0.2, 0.25) is 0 Å². The van der Waals surface area contributed by atoms with Gasteiger partial charge in [-0.15, -0.1) is 0 Å². The molecule has 32 heavy (non-hydrogen) atoms. The number of hydrogen-bond donors (Lipinski definition) is 2. The summed E-state index contributed by atoms with van der Waals surface area (Å²) in [6.45, 7) is 2.11. The van der Waals surface area contributed by atoms with Crippen molar-refractivity contribution in [3.8, 4) is 0 Å². The van der Waals surface area contributed by atoms with Gasteiger partial charge in [-0.05, 0) is 42.8 Å². The second-order valence-electron chi connectivity index (χ2n) is 7.61. The van der Waals surface area contributed by atoms with Crippen molar-refractivity contribution in [1.82, 2.24) is 4.31 Å². The van der Waals surface area contributed by atoms with Crippen LogP contribution in [0.4, 0.5) is 17.1 Å². The van der Waals surface area contributed by atoms with Crippen molar-refractivity contribution in [3.63, 3.8) is 0 Å². The molecule has 4 rings (SSSR count). The number of ether oxygens (including phenoxy) is 1. The number of para-hydroxylation sites is 2. The number of amides is 2. The van der Waals surface area contributed by atoms with Gasteiger partial charge in [-0.1, -0.05) is 12.1 Å². The highest BCUT2D eigenvalue weighted by Crippen LogP contribution is 2.29. The normalized spacial score (nSPS) is 17.4. The number of morpholine rings is 1. The number of nitrogens with one attached hydrogen (secondary N) is 2. The Kier molecular flexibility index (Phi) is 6.73. The Morgan fingerprint density at radius 1 is 1.00 bits per heavy atom. The fourth-order valence-electron chi connectivity index (χ4n) is 3.79. The molecule has 2 amide bonds. The van der Waals surface area contributed by atoms with Crippen LogP contribution in [0.3, 0.4) is 0 Å². The highest BCUT2D eigenvalue weighted by Gasteiger charge is 2.26. The zero-order valence-electron chi connectivity index (χ0n) is 17.6. The van der Waals surface area contributed by atoms with E-state index in [2.05, 4.69) is 10.6 Å². The Bertz CT molecular complexity index is 1080. The first-order valence-corrected chi connectivity index (χ1v) is 12.0. The third-order valence-electron chi connectivity index (χ3n) is 5.45. The van der Waals surface area contributed by atoms with Crippen LogP contribution in [-0.2, 0) is 24.3 Å². The maximum Gasteiger partial charge on any atom is 0.243 e. The van der Waals surface area contributed by atoms with Crippen molar-refractivity contribution in [1.29, 1.82) is 0 Å². The first-order valence-electron chi connectivity index (χ1n) is 10.6. The molecule has 2 saturated heterocycles. The van der Waals surface area contributed by atoms with Gasteiger partial charge < -0.3 is 20.3 Å². The largest absolute Gasteiger partial charge is 0.379 e. The highest BCUT2D eigenvalue weighted by atomic mass is 32.2. The molecule has 0 bridgehead atoms. The van der Waals surface area contributed by atoms with Gasteiger partial charge in [0.05, 0.1) is 36.0 Å². The molecule has 2 N–H and O–H groups in total. The van der Waals surface area contributed by atoms with Gasteiger partial charge in [0.25, 0.3) is 0 Å². The van der Waals surface area contributed by atoms with E-state index in [4.69, 9.17) is 4.74 Å². The van der Waals surface area contributed by atoms with Crippen molar-refractivity contribution < 1.29 is 22.7 Å². The van der Waals surface area contributed by atoms with E-state index in [0.29, 0.717) is 50.6 Å². The molecule has 0 aromatic heterocycles. The quantitative estimate of drug-likeness (QED) is 0.656. The van der Waals surface area contributed by atoms with Crippen LogP contribution >= 0.6 is 0 Å². The lowest BCUT2D eigenvalue weighted by Gasteiger charge is -2.26. The topological polar surface area (TPSA) is 108 Å². The molecular weight excluding hydrogens is 432 g/mol. The number of benzene rings is 2. The number of anilines is 3.